The number of fused-ring (bicyclic) bond motifs is 1. The third kappa shape index (κ3) is 4.47. The molecular formula is C24H27N5OS2. The molecule has 166 valence electrons. The van der Waals surface area contributed by atoms with Gasteiger partial charge in [0.2, 0.25) is 0 Å². The van der Waals surface area contributed by atoms with Crippen LogP contribution in [0.1, 0.15) is 56.2 Å². The van der Waals surface area contributed by atoms with Crippen molar-refractivity contribution in [3.05, 3.63) is 68.9 Å². The van der Waals surface area contributed by atoms with Crippen LogP contribution in [0.2, 0.25) is 0 Å². The van der Waals surface area contributed by atoms with Crippen LogP contribution in [0.15, 0.2) is 35.4 Å². The lowest BCUT2D eigenvalue weighted by Crippen LogP contribution is -2.24. The molecule has 4 rings (SSSR count). The second kappa shape index (κ2) is 9.26. The molecule has 0 aliphatic heterocycles. The Bertz CT molecular complexity index is 1200. The number of hydrogen-bond donors (Lipinski definition) is 3. The Hall–Kier alpha value is -2.97. The summed E-state index contributed by atoms with van der Waals surface area (Å²) in [5.74, 6) is -0.0545. The Morgan fingerprint density at radius 1 is 1.19 bits per heavy atom. The van der Waals surface area contributed by atoms with E-state index < -0.39 is 0 Å². The van der Waals surface area contributed by atoms with Gasteiger partial charge in [0.25, 0.3) is 5.91 Å². The molecule has 6 nitrogen and oxygen atoms in total. The maximum atomic E-state index is 13.5. The molecule has 0 saturated carbocycles. The van der Waals surface area contributed by atoms with Crippen molar-refractivity contribution in [2.24, 2.45) is 10.8 Å². The predicted octanol–water partition coefficient (Wildman–Crippen LogP) is 4.76. The zero-order chi connectivity index (χ0) is 22.8. The fraction of sp³-hybridized carbons (Fsp3) is 0.292. The number of nitrogens with zero attached hydrogens (tertiary/aromatic N) is 2. The maximum absolute atomic E-state index is 13.5. The van der Waals surface area contributed by atoms with Crippen molar-refractivity contribution < 1.29 is 4.79 Å². The van der Waals surface area contributed by atoms with Crippen molar-refractivity contribution in [2.75, 3.05) is 5.32 Å². The first-order valence-electron chi connectivity index (χ1n) is 10.7. The molecule has 32 heavy (non-hydrogen) atoms. The summed E-state index contributed by atoms with van der Waals surface area (Å²) in [4.78, 5) is 14.8. The molecular weight excluding hydrogens is 438 g/mol. The van der Waals surface area contributed by atoms with Gasteiger partial charge in [0.15, 0.2) is 5.11 Å². The van der Waals surface area contributed by atoms with Crippen molar-refractivity contribution >= 4 is 46.5 Å². The normalized spacial score (nSPS) is 13.2. The van der Waals surface area contributed by atoms with Crippen molar-refractivity contribution in [1.82, 2.24) is 9.99 Å². The van der Waals surface area contributed by atoms with Crippen molar-refractivity contribution in [3.63, 3.8) is 0 Å². The Kier molecular flexibility index (Phi) is 6.43. The second-order valence-electron chi connectivity index (χ2n) is 8.11. The molecule has 4 N–H and O–H groups in total. The summed E-state index contributed by atoms with van der Waals surface area (Å²) in [6.45, 7) is 6.12. The molecule has 3 aromatic rings. The van der Waals surface area contributed by atoms with E-state index >= 15 is 0 Å². The van der Waals surface area contributed by atoms with E-state index in [0.29, 0.717) is 0 Å². The summed E-state index contributed by atoms with van der Waals surface area (Å²) in [6.07, 6.45) is 5.94. The summed E-state index contributed by atoms with van der Waals surface area (Å²) in [5, 5.41) is 8.31. The first-order chi connectivity index (χ1) is 15.3. The summed E-state index contributed by atoms with van der Waals surface area (Å²) in [6, 6.07) is 9.96. The van der Waals surface area contributed by atoms with Gasteiger partial charge in [-0.3, -0.25) is 10.2 Å². The van der Waals surface area contributed by atoms with Gasteiger partial charge in [-0.15, -0.1) is 11.3 Å². The molecule has 1 aliphatic carbocycles. The highest BCUT2D eigenvalue weighted by Gasteiger charge is 2.28. The maximum Gasteiger partial charge on any atom is 0.258 e. The van der Waals surface area contributed by atoms with Gasteiger partial charge >= 0.3 is 0 Å². The lowest BCUT2D eigenvalue weighted by molar-refractivity contribution is 0.102. The van der Waals surface area contributed by atoms with E-state index in [1.54, 1.807) is 17.6 Å². The third-order valence-electron chi connectivity index (χ3n) is 5.74. The molecule has 1 aromatic carbocycles. The number of amides is 1. The van der Waals surface area contributed by atoms with Crippen molar-refractivity contribution in [1.29, 1.82) is 0 Å². The zero-order valence-corrected chi connectivity index (χ0v) is 20.1. The molecule has 8 heteroatoms. The molecule has 0 saturated heterocycles. The second-order valence-corrected chi connectivity index (χ2v) is 9.63. The summed E-state index contributed by atoms with van der Waals surface area (Å²) < 4.78 is 2.16. The van der Waals surface area contributed by atoms with Crippen LogP contribution in [0, 0.1) is 20.8 Å². The lowest BCUT2D eigenvalue weighted by atomic mass is 9.95. The van der Waals surface area contributed by atoms with E-state index in [0.717, 1.165) is 64.4 Å². The Labute approximate surface area is 197 Å². The first-order valence-corrected chi connectivity index (χ1v) is 11.9. The van der Waals surface area contributed by atoms with Crippen molar-refractivity contribution in [2.45, 2.75) is 46.5 Å². The van der Waals surface area contributed by atoms with Crippen LogP contribution in [0.4, 0.5) is 5.69 Å². The van der Waals surface area contributed by atoms with Gasteiger partial charge in [-0.2, -0.15) is 5.10 Å². The summed E-state index contributed by atoms with van der Waals surface area (Å²) in [7, 11) is 0. The average Bonchev–Trinajstić information content (AvgIpc) is 3.26. The van der Waals surface area contributed by atoms with Crippen LogP contribution < -0.4 is 16.5 Å². The third-order valence-corrected chi connectivity index (χ3v) is 7.11. The first kappa shape index (κ1) is 22.2. The van der Waals surface area contributed by atoms with Crippen molar-refractivity contribution in [3.8, 4) is 5.00 Å². The van der Waals surface area contributed by atoms with E-state index in [-0.39, 0.29) is 11.0 Å². The van der Waals surface area contributed by atoms with Crippen LogP contribution >= 0.6 is 23.6 Å². The minimum atomic E-state index is -0.0545. The highest BCUT2D eigenvalue weighted by Crippen LogP contribution is 2.39. The Morgan fingerprint density at radius 3 is 2.62 bits per heavy atom. The highest BCUT2D eigenvalue weighted by molar-refractivity contribution is 7.80. The van der Waals surface area contributed by atoms with E-state index in [2.05, 4.69) is 26.5 Å². The van der Waals surface area contributed by atoms with Gasteiger partial charge in [-0.25, -0.2) is 0 Å². The minimum absolute atomic E-state index is 0.0545. The van der Waals surface area contributed by atoms with Crippen LogP contribution in [0.25, 0.3) is 5.00 Å². The molecule has 0 fully saturated rings. The van der Waals surface area contributed by atoms with Gasteiger partial charge in [0.05, 0.1) is 11.8 Å². The number of carbonyl (C=O) groups is 1. The molecule has 0 bridgehead atoms. The number of carbonyl (C=O) groups excluding carboxylic acids is 1. The number of thiocarbonyl (C=S) groups is 1. The standard InChI is InChI=1S/C24H27N5OS2/c1-14-8-10-18(11-9-14)27-22(30)21-19-6-4-5-7-20(19)32-23(21)29-15(2)12-17(16(29)3)13-26-28-24(25)31/h8-13H,4-7H2,1-3H3,(H,27,30)(H3,25,28,31)/b26-13-. The highest BCUT2D eigenvalue weighted by atomic mass is 32.1. The molecule has 0 radical (unpaired) electrons. The number of aromatic nitrogens is 1. The van der Waals surface area contributed by atoms with Gasteiger partial charge < -0.3 is 15.6 Å². The van der Waals surface area contributed by atoms with Gasteiger partial charge in [0.1, 0.15) is 5.00 Å². The lowest BCUT2D eigenvalue weighted by Gasteiger charge is -2.14. The van der Waals surface area contributed by atoms with Gasteiger partial charge in [0, 0.05) is 27.5 Å². The van der Waals surface area contributed by atoms with Crippen LogP contribution in [0.3, 0.4) is 0 Å². The molecule has 0 spiro atoms. The number of thiophene rings is 1. The van der Waals surface area contributed by atoms with E-state index in [4.69, 9.17) is 18.0 Å². The number of rotatable bonds is 5. The van der Waals surface area contributed by atoms with Gasteiger partial charge in [-0.1, -0.05) is 17.7 Å². The number of hydrogen-bond acceptors (Lipinski definition) is 4. The summed E-state index contributed by atoms with van der Waals surface area (Å²) >= 11 is 6.54. The van der Waals surface area contributed by atoms with Crippen LogP contribution in [-0.2, 0) is 12.8 Å². The Balaban J connectivity index is 1.76. The number of aryl methyl sites for hydroxylation is 3. The number of nitrogens with one attached hydrogen (secondary N) is 2. The SMILES string of the molecule is Cc1ccc(NC(=O)c2c(-n3c(C)cc(/C=N\NC(N)=S)c3C)sc3c2CCCC3)cc1. The molecule has 1 aliphatic rings. The number of anilines is 1. The molecule has 2 heterocycles. The predicted molar refractivity (Wildman–Crippen MR) is 136 cm³/mol. The Morgan fingerprint density at radius 2 is 1.91 bits per heavy atom. The smallest absolute Gasteiger partial charge is 0.258 e. The molecule has 1 amide bonds. The topological polar surface area (TPSA) is 84.4 Å². The quantitative estimate of drug-likeness (QED) is 0.288. The average molecular weight is 466 g/mol. The zero-order valence-electron chi connectivity index (χ0n) is 18.5. The molecule has 2 aromatic heterocycles. The number of hydrazone groups is 1. The number of benzene rings is 1. The van der Waals surface area contributed by atoms with Gasteiger partial charge in [-0.05, 0) is 82.4 Å². The van der Waals surface area contributed by atoms with E-state index in [1.807, 2.05) is 45.0 Å². The van der Waals surface area contributed by atoms with E-state index in [1.165, 1.54) is 10.4 Å². The minimum Gasteiger partial charge on any atom is -0.375 e. The largest absolute Gasteiger partial charge is 0.375 e. The van der Waals surface area contributed by atoms with Crippen LogP contribution in [-0.4, -0.2) is 21.8 Å². The van der Waals surface area contributed by atoms with E-state index in [9.17, 15) is 4.79 Å². The fourth-order valence-corrected chi connectivity index (χ4v) is 5.72. The van der Waals surface area contributed by atoms with Crippen LogP contribution in [0.5, 0.6) is 0 Å². The number of nitrogens with two attached hydrogens (primary N) is 1. The molecule has 0 unspecified atom stereocenters. The fourth-order valence-electron chi connectivity index (χ4n) is 4.17. The monoisotopic (exact) mass is 465 g/mol. The summed E-state index contributed by atoms with van der Waals surface area (Å²) in [5.41, 5.74) is 15.0. The molecule has 0 atom stereocenters.